The monoisotopic (exact) mass is 472 g/mol. The van der Waals surface area contributed by atoms with Gasteiger partial charge in [-0.2, -0.15) is 5.10 Å². The Morgan fingerprint density at radius 2 is 1.83 bits per heavy atom. The number of methoxy groups -OCH3 is 2. The van der Waals surface area contributed by atoms with E-state index in [-0.39, 0.29) is 5.56 Å². The van der Waals surface area contributed by atoms with Crippen LogP contribution in [-0.4, -0.2) is 40.4 Å². The van der Waals surface area contributed by atoms with Crippen LogP contribution in [0.3, 0.4) is 0 Å². The number of nitrogens with one attached hydrogen (secondary N) is 1. The van der Waals surface area contributed by atoms with E-state index in [9.17, 15) is 4.79 Å². The molecule has 1 N–H and O–H groups in total. The van der Waals surface area contributed by atoms with E-state index >= 15 is 0 Å². The summed E-state index contributed by atoms with van der Waals surface area (Å²) in [7, 11) is 5.12. The van der Waals surface area contributed by atoms with Crippen LogP contribution in [0, 0.1) is 0 Å². The molecule has 2 aromatic carbocycles. The Morgan fingerprint density at radius 3 is 2.51 bits per heavy atom. The SMILES string of the molecule is COc1cc(-c2cn(C)c(=O)c3[nH]ncc23)cc(OC)c1CN1CCc2cc(C(C)C)ccc2C1. The van der Waals surface area contributed by atoms with Crippen LogP contribution in [0.15, 0.2) is 47.5 Å². The van der Waals surface area contributed by atoms with Gasteiger partial charge in [0, 0.05) is 43.8 Å². The molecule has 4 aromatic rings. The van der Waals surface area contributed by atoms with E-state index < -0.39 is 0 Å². The van der Waals surface area contributed by atoms with Crippen molar-refractivity contribution in [1.82, 2.24) is 19.7 Å². The van der Waals surface area contributed by atoms with Gasteiger partial charge in [0.15, 0.2) is 0 Å². The molecule has 7 heteroatoms. The minimum atomic E-state index is -0.109. The third kappa shape index (κ3) is 4.21. The number of rotatable bonds is 6. The Balaban J connectivity index is 1.49. The molecule has 3 heterocycles. The van der Waals surface area contributed by atoms with Crippen molar-refractivity contribution in [3.05, 3.63) is 75.3 Å². The highest BCUT2D eigenvalue weighted by Crippen LogP contribution is 2.38. The Morgan fingerprint density at radius 1 is 1.09 bits per heavy atom. The molecule has 0 atom stereocenters. The average Bonchev–Trinajstić information content (AvgIpc) is 3.36. The Bertz CT molecular complexity index is 1430. The van der Waals surface area contributed by atoms with Gasteiger partial charge in [0.25, 0.3) is 5.56 Å². The lowest BCUT2D eigenvalue weighted by Crippen LogP contribution is -2.30. The molecular formula is C28H32N4O3. The van der Waals surface area contributed by atoms with Gasteiger partial charge in [-0.1, -0.05) is 32.0 Å². The van der Waals surface area contributed by atoms with Gasteiger partial charge in [-0.05, 0) is 46.7 Å². The largest absolute Gasteiger partial charge is 0.496 e. The summed E-state index contributed by atoms with van der Waals surface area (Å²) in [6, 6.07) is 11.0. The molecule has 0 radical (unpaired) electrons. The Labute approximate surface area is 205 Å². The van der Waals surface area contributed by atoms with Crippen molar-refractivity contribution in [3.8, 4) is 22.6 Å². The van der Waals surface area contributed by atoms with Crippen LogP contribution in [0.1, 0.15) is 42.0 Å². The third-order valence-electron chi connectivity index (χ3n) is 7.08. The molecular weight excluding hydrogens is 440 g/mol. The fourth-order valence-corrected chi connectivity index (χ4v) is 5.03. The van der Waals surface area contributed by atoms with Gasteiger partial charge >= 0.3 is 0 Å². The van der Waals surface area contributed by atoms with Crippen molar-refractivity contribution in [2.24, 2.45) is 7.05 Å². The zero-order valence-corrected chi connectivity index (χ0v) is 21.0. The van der Waals surface area contributed by atoms with Crippen LogP contribution in [0.4, 0.5) is 0 Å². The van der Waals surface area contributed by atoms with E-state index in [0.717, 1.165) is 59.6 Å². The van der Waals surface area contributed by atoms with Crippen molar-refractivity contribution in [3.63, 3.8) is 0 Å². The Kier molecular flexibility index (Phi) is 6.11. The molecule has 1 aliphatic rings. The van der Waals surface area contributed by atoms with Gasteiger partial charge in [-0.3, -0.25) is 14.8 Å². The normalized spacial score (nSPS) is 13.9. The van der Waals surface area contributed by atoms with Crippen LogP contribution in [0.2, 0.25) is 0 Å². The molecule has 35 heavy (non-hydrogen) atoms. The summed E-state index contributed by atoms with van der Waals surface area (Å²) in [6.45, 7) is 7.10. The predicted molar refractivity (Wildman–Crippen MR) is 138 cm³/mol. The number of ether oxygens (including phenoxy) is 2. The number of H-pyrrole nitrogens is 1. The molecule has 0 saturated carbocycles. The average molecular weight is 473 g/mol. The maximum Gasteiger partial charge on any atom is 0.276 e. The van der Waals surface area contributed by atoms with Gasteiger partial charge < -0.3 is 14.0 Å². The van der Waals surface area contributed by atoms with Crippen molar-refractivity contribution in [2.75, 3.05) is 20.8 Å². The molecule has 0 aliphatic carbocycles. The highest BCUT2D eigenvalue weighted by Gasteiger charge is 2.22. The van der Waals surface area contributed by atoms with E-state index in [0.29, 0.717) is 11.4 Å². The zero-order chi connectivity index (χ0) is 24.7. The molecule has 1 aliphatic heterocycles. The van der Waals surface area contributed by atoms with E-state index in [4.69, 9.17) is 9.47 Å². The van der Waals surface area contributed by atoms with Gasteiger partial charge in [0.1, 0.15) is 17.0 Å². The third-order valence-corrected chi connectivity index (χ3v) is 7.08. The van der Waals surface area contributed by atoms with Gasteiger partial charge in [-0.15, -0.1) is 0 Å². The summed E-state index contributed by atoms with van der Waals surface area (Å²) in [6.07, 6.45) is 4.56. The van der Waals surface area contributed by atoms with Crippen LogP contribution >= 0.6 is 0 Å². The first kappa shape index (κ1) is 23.2. The molecule has 182 valence electrons. The molecule has 0 saturated heterocycles. The van der Waals surface area contributed by atoms with Crippen LogP contribution in [0.5, 0.6) is 11.5 Å². The highest BCUT2D eigenvalue weighted by molar-refractivity contribution is 5.94. The van der Waals surface area contributed by atoms with E-state index in [2.05, 4.69) is 47.1 Å². The second kappa shape index (κ2) is 9.23. The second-order valence-corrected chi connectivity index (χ2v) is 9.62. The van der Waals surface area contributed by atoms with Crippen molar-refractivity contribution < 1.29 is 9.47 Å². The number of fused-ring (bicyclic) bond motifs is 2. The number of nitrogens with zero attached hydrogens (tertiary/aromatic N) is 3. The fraction of sp³-hybridized carbons (Fsp3) is 0.357. The summed E-state index contributed by atoms with van der Waals surface area (Å²) >= 11 is 0. The van der Waals surface area contributed by atoms with E-state index in [1.165, 1.54) is 16.7 Å². The topological polar surface area (TPSA) is 72.4 Å². The van der Waals surface area contributed by atoms with E-state index in [1.807, 2.05) is 18.3 Å². The predicted octanol–water partition coefficient (Wildman–Crippen LogP) is 4.63. The number of benzene rings is 2. The van der Waals surface area contributed by atoms with Crippen molar-refractivity contribution in [2.45, 2.75) is 39.3 Å². The number of aryl methyl sites for hydroxylation is 1. The standard InChI is InChI=1S/C28H32N4O3/c1-17(2)18-6-7-20-14-32(9-8-19(20)10-18)16-24-25(34-4)11-21(12-26(24)35-5)23-15-31(3)28(33)27-22(23)13-29-30-27/h6-7,10-13,15,17H,8-9,14,16H2,1-5H3,(H,29,30). The number of hydrogen-bond donors (Lipinski definition) is 1. The molecule has 0 spiro atoms. The molecule has 0 amide bonds. The van der Waals surface area contributed by atoms with Gasteiger partial charge in [0.2, 0.25) is 0 Å². The summed E-state index contributed by atoms with van der Waals surface area (Å²) in [5.41, 5.74) is 7.46. The lowest BCUT2D eigenvalue weighted by molar-refractivity contribution is 0.237. The summed E-state index contributed by atoms with van der Waals surface area (Å²) in [5.74, 6) is 2.08. The summed E-state index contributed by atoms with van der Waals surface area (Å²) < 4.78 is 13.3. The van der Waals surface area contributed by atoms with Crippen LogP contribution in [-0.2, 0) is 26.6 Å². The van der Waals surface area contributed by atoms with Crippen LogP contribution < -0.4 is 15.0 Å². The molecule has 0 bridgehead atoms. The number of pyridine rings is 1. The quantitative estimate of drug-likeness (QED) is 0.443. The van der Waals surface area contributed by atoms with Gasteiger partial charge in [0.05, 0.1) is 26.0 Å². The smallest absolute Gasteiger partial charge is 0.276 e. The first-order chi connectivity index (χ1) is 16.9. The summed E-state index contributed by atoms with van der Waals surface area (Å²) in [4.78, 5) is 14.9. The van der Waals surface area contributed by atoms with E-state index in [1.54, 1.807) is 32.0 Å². The lowest BCUT2D eigenvalue weighted by Gasteiger charge is -2.30. The zero-order valence-electron chi connectivity index (χ0n) is 21.0. The first-order valence-corrected chi connectivity index (χ1v) is 12.0. The number of aromatic nitrogens is 3. The minimum Gasteiger partial charge on any atom is -0.496 e. The number of hydrogen-bond acceptors (Lipinski definition) is 5. The van der Waals surface area contributed by atoms with Crippen molar-refractivity contribution in [1.29, 1.82) is 0 Å². The molecule has 0 unspecified atom stereocenters. The lowest BCUT2D eigenvalue weighted by atomic mass is 9.93. The van der Waals surface area contributed by atoms with Crippen molar-refractivity contribution >= 4 is 10.9 Å². The second-order valence-electron chi connectivity index (χ2n) is 9.62. The first-order valence-electron chi connectivity index (χ1n) is 12.0. The maximum atomic E-state index is 12.5. The molecule has 0 fully saturated rings. The fourth-order valence-electron chi connectivity index (χ4n) is 5.03. The molecule has 2 aromatic heterocycles. The van der Waals surface area contributed by atoms with Gasteiger partial charge in [-0.25, -0.2) is 0 Å². The number of aromatic amines is 1. The highest BCUT2D eigenvalue weighted by atomic mass is 16.5. The van der Waals surface area contributed by atoms with Crippen LogP contribution in [0.25, 0.3) is 22.0 Å². The Hall–Kier alpha value is -3.58. The molecule has 5 rings (SSSR count). The minimum absolute atomic E-state index is 0.109. The summed E-state index contributed by atoms with van der Waals surface area (Å²) in [5, 5.41) is 7.70. The maximum absolute atomic E-state index is 12.5. The molecule has 7 nitrogen and oxygen atoms in total.